The molecule has 0 saturated carbocycles. The monoisotopic (exact) mass is 817 g/mol. The van der Waals surface area contributed by atoms with Gasteiger partial charge in [-0.15, -0.1) is 0 Å². The third-order valence-electron chi connectivity index (χ3n) is 12.8. The molecule has 1 aliphatic rings. The van der Waals surface area contributed by atoms with Crippen molar-refractivity contribution in [1.29, 1.82) is 0 Å². The van der Waals surface area contributed by atoms with Crippen LogP contribution in [-0.2, 0) is 0 Å². The van der Waals surface area contributed by atoms with Gasteiger partial charge in [0.1, 0.15) is 0 Å². The van der Waals surface area contributed by atoms with Crippen LogP contribution in [0.25, 0.3) is 89.1 Å². The fraction of sp³-hybridized carbons (Fsp3) is 0. The van der Waals surface area contributed by atoms with E-state index in [1.165, 1.54) is 64.5 Å². The van der Waals surface area contributed by atoms with Gasteiger partial charge in [0.15, 0.2) is 25.5 Å². The van der Waals surface area contributed by atoms with E-state index in [-0.39, 0.29) is 0 Å². The summed E-state index contributed by atoms with van der Waals surface area (Å²) in [6.45, 7) is 0. The second kappa shape index (κ2) is 15.1. The molecule has 12 rings (SSSR count). The predicted octanol–water partition coefficient (Wildman–Crippen LogP) is 11.9. The van der Waals surface area contributed by atoms with Crippen molar-refractivity contribution in [3.8, 4) is 67.5 Å². The lowest BCUT2D eigenvalue weighted by Crippen LogP contribution is -2.72. The smallest absolute Gasteiger partial charge is 0.180 e. The van der Waals surface area contributed by atoms with Gasteiger partial charge in [0.25, 0.3) is 0 Å². The van der Waals surface area contributed by atoms with Crippen LogP contribution in [0, 0.1) is 0 Å². The van der Waals surface area contributed by atoms with E-state index in [4.69, 9.17) is 15.0 Å². The zero-order chi connectivity index (χ0) is 41.7. The Hall–Kier alpha value is -8.05. The third kappa shape index (κ3) is 6.14. The van der Waals surface area contributed by atoms with Crippen LogP contribution in [0.3, 0.4) is 0 Å². The molecule has 0 unspecified atom stereocenters. The van der Waals surface area contributed by atoms with Crippen molar-refractivity contribution in [3.05, 3.63) is 237 Å². The van der Waals surface area contributed by atoms with Gasteiger partial charge in [-0.05, 0) is 81.7 Å². The molecule has 63 heavy (non-hydrogen) atoms. The number of hydrogen-bond acceptors (Lipinski definition) is 3. The normalized spacial score (nSPS) is 12.6. The zero-order valence-corrected chi connectivity index (χ0v) is 35.4. The summed E-state index contributed by atoms with van der Waals surface area (Å²) in [5.41, 5.74) is 9.97. The van der Waals surface area contributed by atoms with Crippen LogP contribution in [0.2, 0.25) is 0 Å². The first-order valence-corrected chi connectivity index (χ1v) is 23.5. The number of fused-ring (bicyclic) bond motifs is 6. The number of benzene rings is 10. The molecule has 2 heterocycles. The van der Waals surface area contributed by atoms with E-state index < -0.39 is 8.07 Å². The highest BCUT2D eigenvalue weighted by atomic mass is 28.3. The van der Waals surface area contributed by atoms with Crippen LogP contribution >= 0.6 is 0 Å². The van der Waals surface area contributed by atoms with Crippen molar-refractivity contribution in [2.75, 3.05) is 0 Å². The molecule has 4 heteroatoms. The summed E-state index contributed by atoms with van der Waals surface area (Å²) >= 11 is 0. The van der Waals surface area contributed by atoms with E-state index in [2.05, 4.69) is 231 Å². The average molecular weight is 818 g/mol. The van der Waals surface area contributed by atoms with Gasteiger partial charge in [-0.2, -0.15) is 0 Å². The lowest BCUT2D eigenvalue weighted by atomic mass is 9.94. The molecule has 0 atom stereocenters. The second-order valence-corrected chi connectivity index (χ2v) is 20.0. The molecule has 0 bridgehead atoms. The molecule has 0 radical (unpaired) electrons. The molecule has 0 amide bonds. The highest BCUT2D eigenvalue weighted by Crippen LogP contribution is 2.40. The third-order valence-corrected chi connectivity index (χ3v) is 17.7. The van der Waals surface area contributed by atoms with E-state index in [1.54, 1.807) is 0 Å². The Labute approximate surface area is 367 Å². The van der Waals surface area contributed by atoms with E-state index >= 15 is 0 Å². The maximum Gasteiger partial charge on any atom is 0.180 e. The number of hydrogen-bond donors (Lipinski definition) is 0. The highest BCUT2D eigenvalue weighted by Gasteiger charge is 2.50. The van der Waals surface area contributed by atoms with E-state index in [9.17, 15) is 0 Å². The Morgan fingerprint density at radius 3 is 1.38 bits per heavy atom. The minimum absolute atomic E-state index is 0.635. The number of rotatable bonds is 7. The van der Waals surface area contributed by atoms with E-state index in [1.807, 2.05) is 6.07 Å². The first-order chi connectivity index (χ1) is 31.2. The summed E-state index contributed by atoms with van der Waals surface area (Å²) in [7, 11) is -2.83. The molecule has 1 aromatic heterocycles. The van der Waals surface area contributed by atoms with Gasteiger partial charge < -0.3 is 0 Å². The summed E-state index contributed by atoms with van der Waals surface area (Å²) in [4.78, 5) is 16.1. The Kier molecular flexibility index (Phi) is 8.84. The summed E-state index contributed by atoms with van der Waals surface area (Å²) in [6.07, 6.45) is 0. The molecule has 0 saturated heterocycles. The van der Waals surface area contributed by atoms with E-state index in [0.717, 1.165) is 27.8 Å². The SMILES string of the molecule is c1ccc(-c2ccc(-c3nc(-c4ccc(-c5ccc6ccccc6c5)cc4)nc(-c4cccc5c4-c4c(ccc6ccccc46)[Si]5(c4ccccc4)c4ccccc4)n3)cc2)cc1. The lowest BCUT2D eigenvalue weighted by Gasteiger charge is -2.31. The maximum absolute atomic E-state index is 5.42. The lowest BCUT2D eigenvalue weighted by molar-refractivity contribution is 1.07. The van der Waals surface area contributed by atoms with Crippen molar-refractivity contribution >= 4 is 50.4 Å². The second-order valence-electron chi connectivity index (χ2n) is 16.3. The fourth-order valence-electron chi connectivity index (χ4n) is 9.86. The molecule has 294 valence electrons. The van der Waals surface area contributed by atoms with Crippen molar-refractivity contribution in [3.63, 3.8) is 0 Å². The maximum atomic E-state index is 5.42. The zero-order valence-electron chi connectivity index (χ0n) is 34.4. The van der Waals surface area contributed by atoms with Crippen molar-refractivity contribution in [2.24, 2.45) is 0 Å². The predicted molar refractivity (Wildman–Crippen MR) is 265 cm³/mol. The molecule has 0 fully saturated rings. The molecule has 10 aromatic carbocycles. The number of aromatic nitrogens is 3. The van der Waals surface area contributed by atoms with Crippen molar-refractivity contribution < 1.29 is 0 Å². The summed E-state index contributed by atoms with van der Waals surface area (Å²) in [5.74, 6) is 1.93. The Morgan fingerprint density at radius 2 is 0.730 bits per heavy atom. The molecule has 0 spiro atoms. The molecule has 1 aliphatic heterocycles. The molecule has 0 N–H and O–H groups in total. The largest absolute Gasteiger partial charge is 0.208 e. The van der Waals surface area contributed by atoms with Crippen molar-refractivity contribution in [1.82, 2.24) is 15.0 Å². The molecular formula is C59H39N3Si. The van der Waals surface area contributed by atoms with Crippen LogP contribution in [0.15, 0.2) is 237 Å². The Bertz CT molecular complexity index is 3440. The average Bonchev–Trinajstić information content (AvgIpc) is 3.69. The van der Waals surface area contributed by atoms with Gasteiger partial charge in [-0.1, -0.05) is 231 Å². The number of nitrogens with zero attached hydrogens (tertiary/aromatic N) is 3. The summed E-state index contributed by atoms with van der Waals surface area (Å²) in [5, 5.41) is 10.3. The first kappa shape index (κ1) is 36.8. The van der Waals surface area contributed by atoms with Crippen LogP contribution < -0.4 is 20.7 Å². The molecule has 3 nitrogen and oxygen atoms in total. The van der Waals surface area contributed by atoms with Crippen molar-refractivity contribution in [2.45, 2.75) is 0 Å². The molecular weight excluding hydrogens is 779 g/mol. The minimum atomic E-state index is -2.83. The summed E-state index contributed by atoms with van der Waals surface area (Å²) in [6, 6.07) is 85.5. The summed E-state index contributed by atoms with van der Waals surface area (Å²) < 4.78 is 0. The van der Waals surface area contributed by atoms with Crippen LogP contribution in [-0.4, -0.2) is 23.0 Å². The van der Waals surface area contributed by atoms with E-state index in [0.29, 0.717) is 17.5 Å². The Balaban J connectivity index is 1.09. The van der Waals surface area contributed by atoms with Gasteiger partial charge in [-0.25, -0.2) is 15.0 Å². The van der Waals surface area contributed by atoms with Gasteiger partial charge in [0.2, 0.25) is 0 Å². The first-order valence-electron chi connectivity index (χ1n) is 21.5. The van der Waals surface area contributed by atoms with Gasteiger partial charge >= 0.3 is 0 Å². The van der Waals surface area contributed by atoms with Gasteiger partial charge in [0, 0.05) is 16.7 Å². The van der Waals surface area contributed by atoms with Crippen LogP contribution in [0.5, 0.6) is 0 Å². The van der Waals surface area contributed by atoms with Gasteiger partial charge in [0.05, 0.1) is 0 Å². The Morgan fingerprint density at radius 1 is 0.270 bits per heavy atom. The molecule has 11 aromatic rings. The van der Waals surface area contributed by atoms with Crippen LogP contribution in [0.4, 0.5) is 0 Å². The van der Waals surface area contributed by atoms with Gasteiger partial charge in [-0.3, -0.25) is 0 Å². The minimum Gasteiger partial charge on any atom is -0.208 e. The molecule has 0 aliphatic carbocycles. The van der Waals surface area contributed by atoms with Crippen LogP contribution in [0.1, 0.15) is 0 Å². The standard InChI is InChI=1S/C59H39N3Si/c1-4-15-40(16-5-1)42-27-32-45(33-28-42)57-60-58(46-34-29-43(30-35-46)48-36-31-41-17-10-11-19-47(41)39-48)62-59(61-57)52-25-14-26-53-56(52)55-51-24-13-12-18-44(51)37-38-54(55)63(53,49-20-6-2-7-21-49)50-22-8-3-9-23-50/h1-39H. The quantitative estimate of drug-likeness (QED) is 0.150. The fourth-order valence-corrected chi connectivity index (χ4v) is 15.1. The topological polar surface area (TPSA) is 38.7 Å². The highest BCUT2D eigenvalue weighted by molar-refractivity contribution is 7.22.